The topological polar surface area (TPSA) is 55.1 Å². The maximum atomic E-state index is 11.6. The molecule has 2 aromatic carbocycles. The minimum absolute atomic E-state index is 0.0840. The Hall–Kier alpha value is -1.94. The molecule has 2 rings (SSSR count). The smallest absolute Gasteiger partial charge is 0.251 e. The van der Waals surface area contributed by atoms with Crippen molar-refractivity contribution in [3.63, 3.8) is 0 Å². The Morgan fingerprint density at radius 2 is 2.00 bits per heavy atom. The van der Waals surface area contributed by atoms with Gasteiger partial charge < -0.3 is 11.1 Å². The van der Waals surface area contributed by atoms with Gasteiger partial charge in [0.2, 0.25) is 0 Å². The molecule has 98 valence electrons. The van der Waals surface area contributed by atoms with Gasteiger partial charge in [-0.25, -0.2) is 0 Å². The van der Waals surface area contributed by atoms with Gasteiger partial charge in [-0.2, -0.15) is 0 Å². The lowest BCUT2D eigenvalue weighted by molar-refractivity contribution is 0.0963. The predicted octanol–water partition coefficient (Wildman–Crippen LogP) is 3.09. The molecule has 0 aliphatic rings. The van der Waals surface area contributed by atoms with E-state index in [1.54, 1.807) is 24.9 Å². The van der Waals surface area contributed by atoms with Crippen LogP contribution in [0.2, 0.25) is 0 Å². The lowest BCUT2D eigenvalue weighted by Gasteiger charge is -2.07. The van der Waals surface area contributed by atoms with Gasteiger partial charge in [-0.15, -0.1) is 0 Å². The summed E-state index contributed by atoms with van der Waals surface area (Å²) in [7, 11) is 1.63. The molecule has 0 unspecified atom stereocenters. The standard InChI is InChI=1S/C15H16N2OS/c1-10-6-7-14(13(16)8-10)19-12-5-3-4-11(9-12)15(18)17-2/h3-9H,16H2,1-2H3,(H,17,18). The van der Waals surface area contributed by atoms with E-state index in [1.807, 2.05) is 43.3 Å². The van der Waals surface area contributed by atoms with Crippen LogP contribution < -0.4 is 11.1 Å². The van der Waals surface area contributed by atoms with Crippen LogP contribution in [0.3, 0.4) is 0 Å². The van der Waals surface area contributed by atoms with E-state index in [1.165, 1.54) is 0 Å². The summed E-state index contributed by atoms with van der Waals surface area (Å²) in [5.74, 6) is -0.0840. The van der Waals surface area contributed by atoms with Crippen molar-refractivity contribution in [1.29, 1.82) is 0 Å². The fourth-order valence-electron chi connectivity index (χ4n) is 1.73. The molecule has 2 aromatic rings. The van der Waals surface area contributed by atoms with Crippen LogP contribution in [0.5, 0.6) is 0 Å². The highest BCUT2D eigenvalue weighted by atomic mass is 32.2. The SMILES string of the molecule is CNC(=O)c1cccc(Sc2ccc(C)cc2N)c1. The molecule has 0 aliphatic heterocycles. The molecule has 0 aliphatic carbocycles. The number of nitrogens with one attached hydrogen (secondary N) is 1. The van der Waals surface area contributed by atoms with Crippen molar-refractivity contribution < 1.29 is 4.79 Å². The highest BCUT2D eigenvalue weighted by Gasteiger charge is 2.06. The van der Waals surface area contributed by atoms with E-state index in [-0.39, 0.29) is 5.91 Å². The van der Waals surface area contributed by atoms with Crippen molar-refractivity contribution in [2.45, 2.75) is 16.7 Å². The number of amides is 1. The molecule has 0 bridgehead atoms. The van der Waals surface area contributed by atoms with Crippen molar-refractivity contribution in [3.05, 3.63) is 53.6 Å². The number of rotatable bonds is 3. The average Bonchev–Trinajstić information content (AvgIpc) is 2.41. The second-order valence-corrected chi connectivity index (χ2v) is 5.37. The summed E-state index contributed by atoms with van der Waals surface area (Å²) < 4.78 is 0. The molecule has 0 fully saturated rings. The Morgan fingerprint density at radius 1 is 1.21 bits per heavy atom. The fourth-order valence-corrected chi connectivity index (χ4v) is 2.63. The number of aryl methyl sites for hydroxylation is 1. The molecule has 0 saturated heterocycles. The third-order valence-electron chi connectivity index (χ3n) is 2.72. The number of anilines is 1. The van der Waals surface area contributed by atoms with Gasteiger partial charge in [-0.1, -0.05) is 23.9 Å². The molecule has 0 aromatic heterocycles. The van der Waals surface area contributed by atoms with E-state index in [4.69, 9.17) is 5.73 Å². The molecule has 0 atom stereocenters. The number of nitrogens with two attached hydrogens (primary N) is 1. The van der Waals surface area contributed by atoms with Crippen LogP contribution in [0.1, 0.15) is 15.9 Å². The van der Waals surface area contributed by atoms with Crippen molar-refractivity contribution >= 4 is 23.4 Å². The maximum absolute atomic E-state index is 11.6. The fraction of sp³-hybridized carbons (Fsp3) is 0.133. The molecular formula is C15H16N2OS. The zero-order valence-electron chi connectivity index (χ0n) is 10.9. The third kappa shape index (κ3) is 3.29. The van der Waals surface area contributed by atoms with Crippen LogP contribution >= 0.6 is 11.8 Å². The first-order valence-corrected chi connectivity index (χ1v) is 6.78. The lowest BCUT2D eigenvalue weighted by Crippen LogP contribution is -2.17. The van der Waals surface area contributed by atoms with E-state index in [0.717, 1.165) is 21.0 Å². The summed E-state index contributed by atoms with van der Waals surface area (Å²) in [5.41, 5.74) is 8.54. The number of benzene rings is 2. The maximum Gasteiger partial charge on any atom is 0.251 e. The van der Waals surface area contributed by atoms with Crippen molar-refractivity contribution in [2.75, 3.05) is 12.8 Å². The molecule has 19 heavy (non-hydrogen) atoms. The van der Waals surface area contributed by atoms with E-state index in [9.17, 15) is 4.79 Å². The third-order valence-corrected chi connectivity index (χ3v) is 3.80. The largest absolute Gasteiger partial charge is 0.398 e. The Morgan fingerprint density at radius 3 is 2.68 bits per heavy atom. The van der Waals surface area contributed by atoms with Gasteiger partial charge in [0.25, 0.3) is 5.91 Å². The van der Waals surface area contributed by atoms with Gasteiger partial charge in [-0.05, 0) is 42.8 Å². The number of hydrogen-bond acceptors (Lipinski definition) is 3. The van der Waals surface area contributed by atoms with Crippen LogP contribution in [-0.2, 0) is 0 Å². The zero-order valence-corrected chi connectivity index (χ0v) is 11.8. The van der Waals surface area contributed by atoms with E-state index in [0.29, 0.717) is 5.56 Å². The van der Waals surface area contributed by atoms with Crippen molar-refractivity contribution in [3.8, 4) is 0 Å². The van der Waals surface area contributed by atoms with Gasteiger partial charge in [0.1, 0.15) is 0 Å². The van der Waals surface area contributed by atoms with Gasteiger partial charge >= 0.3 is 0 Å². The Balaban J connectivity index is 2.26. The minimum atomic E-state index is -0.0840. The first-order chi connectivity index (χ1) is 9.10. The summed E-state index contributed by atoms with van der Waals surface area (Å²) in [5, 5.41) is 2.62. The van der Waals surface area contributed by atoms with Gasteiger partial charge in [-0.3, -0.25) is 4.79 Å². The first kappa shape index (κ1) is 13.5. The van der Waals surface area contributed by atoms with Gasteiger partial charge in [0.05, 0.1) is 0 Å². The molecule has 4 heteroatoms. The Kier molecular flexibility index (Phi) is 4.12. The van der Waals surface area contributed by atoms with Crippen LogP contribution in [0.15, 0.2) is 52.3 Å². The number of nitrogen functional groups attached to an aromatic ring is 1. The molecule has 0 spiro atoms. The first-order valence-electron chi connectivity index (χ1n) is 5.96. The van der Waals surface area contributed by atoms with E-state index in [2.05, 4.69) is 5.32 Å². The highest BCUT2D eigenvalue weighted by Crippen LogP contribution is 2.32. The van der Waals surface area contributed by atoms with Gasteiger partial charge in [0.15, 0.2) is 0 Å². The highest BCUT2D eigenvalue weighted by molar-refractivity contribution is 7.99. The quantitative estimate of drug-likeness (QED) is 0.844. The average molecular weight is 272 g/mol. The van der Waals surface area contributed by atoms with Crippen molar-refractivity contribution in [2.24, 2.45) is 0 Å². The van der Waals surface area contributed by atoms with Crippen molar-refractivity contribution in [1.82, 2.24) is 5.32 Å². The van der Waals surface area contributed by atoms with Crippen LogP contribution in [0.25, 0.3) is 0 Å². The number of carbonyl (C=O) groups excluding carboxylic acids is 1. The molecule has 3 N–H and O–H groups in total. The minimum Gasteiger partial charge on any atom is -0.398 e. The summed E-state index contributed by atoms with van der Waals surface area (Å²) in [4.78, 5) is 13.6. The Labute approximate surface area is 117 Å². The predicted molar refractivity (Wildman–Crippen MR) is 79.5 cm³/mol. The molecule has 1 amide bonds. The Bertz CT molecular complexity index is 611. The zero-order chi connectivity index (χ0) is 13.8. The monoisotopic (exact) mass is 272 g/mol. The normalized spacial score (nSPS) is 10.2. The van der Waals surface area contributed by atoms with E-state index >= 15 is 0 Å². The van der Waals surface area contributed by atoms with E-state index < -0.39 is 0 Å². The summed E-state index contributed by atoms with van der Waals surface area (Å²) in [6.07, 6.45) is 0. The number of carbonyl (C=O) groups is 1. The summed E-state index contributed by atoms with van der Waals surface area (Å²) in [6.45, 7) is 2.01. The molecule has 3 nitrogen and oxygen atoms in total. The molecular weight excluding hydrogens is 256 g/mol. The van der Waals surface area contributed by atoms with Gasteiger partial charge in [0, 0.05) is 28.1 Å². The van der Waals surface area contributed by atoms with Crippen LogP contribution in [0, 0.1) is 6.92 Å². The van der Waals surface area contributed by atoms with Crippen LogP contribution in [0.4, 0.5) is 5.69 Å². The number of hydrogen-bond donors (Lipinski definition) is 2. The summed E-state index contributed by atoms with van der Waals surface area (Å²) in [6, 6.07) is 13.5. The lowest BCUT2D eigenvalue weighted by atomic mass is 10.2. The molecule has 0 heterocycles. The second kappa shape index (κ2) is 5.80. The second-order valence-electron chi connectivity index (χ2n) is 4.25. The van der Waals surface area contributed by atoms with Crippen LogP contribution in [-0.4, -0.2) is 13.0 Å². The molecule has 0 saturated carbocycles. The molecule has 0 radical (unpaired) electrons. The summed E-state index contributed by atoms with van der Waals surface area (Å²) >= 11 is 1.56.